The molecule has 1 heterocycles. The van der Waals surface area contributed by atoms with Gasteiger partial charge in [0, 0.05) is 11.8 Å². The van der Waals surface area contributed by atoms with Crippen LogP contribution >= 0.6 is 11.6 Å². The van der Waals surface area contributed by atoms with E-state index in [1.807, 2.05) is 25.1 Å². The standard InChI is InChI=1S/C15H16ClN3O/c1-11-15(16)10-19(18-11)9-13-8-14(20-2)6-5-12(13)4-3-7-17/h5-6,8,10H,7,9,17H2,1-2H3. The van der Waals surface area contributed by atoms with Gasteiger partial charge in [0.25, 0.3) is 0 Å². The summed E-state index contributed by atoms with van der Waals surface area (Å²) < 4.78 is 7.04. The number of benzene rings is 1. The van der Waals surface area contributed by atoms with Gasteiger partial charge in [-0.2, -0.15) is 5.10 Å². The van der Waals surface area contributed by atoms with Crippen LogP contribution in [0.15, 0.2) is 24.4 Å². The van der Waals surface area contributed by atoms with Crippen molar-refractivity contribution < 1.29 is 4.74 Å². The number of halogens is 1. The Morgan fingerprint density at radius 2 is 2.25 bits per heavy atom. The second-order valence-electron chi connectivity index (χ2n) is 4.29. The van der Waals surface area contributed by atoms with Crippen LogP contribution in [0.2, 0.25) is 5.02 Å². The number of rotatable bonds is 3. The first-order valence-corrected chi connectivity index (χ1v) is 6.57. The molecular formula is C15H16ClN3O. The molecule has 104 valence electrons. The second-order valence-corrected chi connectivity index (χ2v) is 4.70. The number of hydrogen-bond acceptors (Lipinski definition) is 3. The summed E-state index contributed by atoms with van der Waals surface area (Å²) in [5, 5.41) is 5.01. The van der Waals surface area contributed by atoms with E-state index in [0.717, 1.165) is 22.6 Å². The molecule has 1 aromatic heterocycles. The van der Waals surface area contributed by atoms with Crippen molar-refractivity contribution in [2.75, 3.05) is 13.7 Å². The van der Waals surface area contributed by atoms with E-state index in [-0.39, 0.29) is 0 Å². The molecule has 0 aliphatic heterocycles. The van der Waals surface area contributed by atoms with Gasteiger partial charge >= 0.3 is 0 Å². The molecule has 20 heavy (non-hydrogen) atoms. The number of methoxy groups -OCH3 is 1. The Kier molecular flexibility index (Phi) is 4.67. The highest BCUT2D eigenvalue weighted by molar-refractivity contribution is 6.31. The van der Waals surface area contributed by atoms with Gasteiger partial charge in [0.2, 0.25) is 0 Å². The number of nitrogens with two attached hydrogens (primary N) is 1. The normalized spacial score (nSPS) is 10.0. The number of hydrogen-bond donors (Lipinski definition) is 1. The molecule has 0 saturated heterocycles. The second kappa shape index (κ2) is 6.47. The van der Waals surface area contributed by atoms with Crippen LogP contribution in [0.25, 0.3) is 0 Å². The fraction of sp³-hybridized carbons (Fsp3) is 0.267. The maximum atomic E-state index is 6.03. The minimum Gasteiger partial charge on any atom is -0.497 e. The third kappa shape index (κ3) is 3.32. The van der Waals surface area contributed by atoms with E-state index in [1.54, 1.807) is 18.0 Å². The van der Waals surface area contributed by atoms with Crippen LogP contribution in [0.5, 0.6) is 5.75 Å². The van der Waals surface area contributed by atoms with Crippen LogP contribution < -0.4 is 10.5 Å². The molecule has 0 bridgehead atoms. The van der Waals surface area contributed by atoms with E-state index in [1.165, 1.54) is 0 Å². The smallest absolute Gasteiger partial charge is 0.119 e. The van der Waals surface area contributed by atoms with E-state index in [2.05, 4.69) is 16.9 Å². The predicted octanol–water partition coefficient (Wildman–Crippen LogP) is 2.21. The Hall–Kier alpha value is -1.96. The van der Waals surface area contributed by atoms with E-state index in [0.29, 0.717) is 18.1 Å². The highest BCUT2D eigenvalue weighted by atomic mass is 35.5. The number of nitrogens with zero attached hydrogens (tertiary/aromatic N) is 2. The Morgan fingerprint density at radius 1 is 1.45 bits per heavy atom. The molecule has 2 rings (SSSR count). The highest BCUT2D eigenvalue weighted by Crippen LogP contribution is 2.19. The summed E-state index contributed by atoms with van der Waals surface area (Å²) >= 11 is 6.03. The summed E-state index contributed by atoms with van der Waals surface area (Å²) in [6.07, 6.45) is 1.80. The Labute approximate surface area is 123 Å². The largest absolute Gasteiger partial charge is 0.497 e. The highest BCUT2D eigenvalue weighted by Gasteiger charge is 2.07. The number of ether oxygens (including phenoxy) is 1. The summed E-state index contributed by atoms with van der Waals surface area (Å²) in [5.41, 5.74) is 8.17. The molecule has 4 nitrogen and oxygen atoms in total. The Balaban J connectivity index is 2.36. The average Bonchev–Trinajstić information content (AvgIpc) is 2.75. The van der Waals surface area contributed by atoms with Gasteiger partial charge in [-0.15, -0.1) is 0 Å². The van der Waals surface area contributed by atoms with Crippen molar-refractivity contribution in [3.05, 3.63) is 46.2 Å². The monoisotopic (exact) mass is 289 g/mol. The van der Waals surface area contributed by atoms with Crippen molar-refractivity contribution in [2.45, 2.75) is 13.5 Å². The molecule has 0 aliphatic rings. The van der Waals surface area contributed by atoms with Gasteiger partial charge in [-0.05, 0) is 30.7 Å². The molecule has 0 aliphatic carbocycles. The molecule has 5 heteroatoms. The van der Waals surface area contributed by atoms with Gasteiger partial charge in [-0.25, -0.2) is 0 Å². The fourth-order valence-corrected chi connectivity index (χ4v) is 2.00. The van der Waals surface area contributed by atoms with E-state index >= 15 is 0 Å². The summed E-state index contributed by atoms with van der Waals surface area (Å²) in [7, 11) is 1.64. The SMILES string of the molecule is COc1ccc(C#CCN)c(Cn2cc(Cl)c(C)n2)c1. The average molecular weight is 290 g/mol. The van der Waals surface area contributed by atoms with Gasteiger partial charge in [-0.1, -0.05) is 23.4 Å². The molecule has 0 amide bonds. The van der Waals surface area contributed by atoms with Crippen molar-refractivity contribution in [3.8, 4) is 17.6 Å². The van der Waals surface area contributed by atoms with Crippen molar-refractivity contribution >= 4 is 11.6 Å². The summed E-state index contributed by atoms with van der Waals surface area (Å²) in [4.78, 5) is 0. The first kappa shape index (κ1) is 14.4. The quantitative estimate of drug-likeness (QED) is 0.882. The lowest BCUT2D eigenvalue weighted by Gasteiger charge is -2.08. The van der Waals surface area contributed by atoms with Gasteiger partial charge in [-0.3, -0.25) is 4.68 Å². The molecular weight excluding hydrogens is 274 g/mol. The maximum Gasteiger partial charge on any atom is 0.119 e. The van der Waals surface area contributed by atoms with Crippen LogP contribution in [-0.2, 0) is 6.54 Å². The van der Waals surface area contributed by atoms with Crippen LogP contribution in [0.4, 0.5) is 0 Å². The third-order valence-electron chi connectivity index (χ3n) is 2.86. The molecule has 0 saturated carbocycles. The molecule has 0 fully saturated rings. The van der Waals surface area contributed by atoms with Gasteiger partial charge in [0.05, 0.1) is 30.9 Å². The van der Waals surface area contributed by atoms with Crippen LogP contribution in [0.1, 0.15) is 16.8 Å². The molecule has 1 aromatic carbocycles. The first-order valence-electron chi connectivity index (χ1n) is 6.19. The van der Waals surface area contributed by atoms with Crippen LogP contribution in [-0.4, -0.2) is 23.4 Å². The Bertz CT molecular complexity index is 648. The van der Waals surface area contributed by atoms with Crippen molar-refractivity contribution in [1.29, 1.82) is 0 Å². The van der Waals surface area contributed by atoms with E-state index < -0.39 is 0 Å². The zero-order chi connectivity index (χ0) is 14.5. The zero-order valence-corrected chi connectivity index (χ0v) is 12.2. The molecule has 0 atom stereocenters. The predicted molar refractivity (Wildman–Crippen MR) is 80.0 cm³/mol. The summed E-state index contributed by atoms with van der Waals surface area (Å²) in [6.45, 7) is 2.79. The fourth-order valence-electron chi connectivity index (χ4n) is 1.85. The minimum absolute atomic E-state index is 0.332. The van der Waals surface area contributed by atoms with E-state index in [9.17, 15) is 0 Å². The van der Waals surface area contributed by atoms with Crippen molar-refractivity contribution in [1.82, 2.24) is 9.78 Å². The molecule has 2 N–H and O–H groups in total. The summed E-state index contributed by atoms with van der Waals surface area (Å²) in [6, 6.07) is 5.76. The van der Waals surface area contributed by atoms with Crippen molar-refractivity contribution in [2.24, 2.45) is 5.73 Å². The van der Waals surface area contributed by atoms with Gasteiger partial charge in [0.1, 0.15) is 5.75 Å². The Morgan fingerprint density at radius 3 is 2.85 bits per heavy atom. The lowest BCUT2D eigenvalue weighted by atomic mass is 10.1. The third-order valence-corrected chi connectivity index (χ3v) is 3.23. The number of aryl methyl sites for hydroxylation is 1. The zero-order valence-electron chi connectivity index (χ0n) is 11.5. The van der Waals surface area contributed by atoms with Crippen LogP contribution in [0, 0.1) is 18.8 Å². The molecule has 0 radical (unpaired) electrons. The molecule has 0 unspecified atom stereocenters. The van der Waals surface area contributed by atoms with E-state index in [4.69, 9.17) is 22.1 Å². The van der Waals surface area contributed by atoms with Crippen molar-refractivity contribution in [3.63, 3.8) is 0 Å². The topological polar surface area (TPSA) is 53.1 Å². The summed E-state index contributed by atoms with van der Waals surface area (Å²) in [5.74, 6) is 6.71. The lowest BCUT2D eigenvalue weighted by molar-refractivity contribution is 0.414. The van der Waals surface area contributed by atoms with Crippen LogP contribution in [0.3, 0.4) is 0 Å². The first-order chi connectivity index (χ1) is 9.63. The molecule has 2 aromatic rings. The van der Waals surface area contributed by atoms with Gasteiger partial charge in [0.15, 0.2) is 0 Å². The van der Waals surface area contributed by atoms with Gasteiger partial charge < -0.3 is 10.5 Å². The maximum absolute atomic E-state index is 6.03. The number of aromatic nitrogens is 2. The minimum atomic E-state index is 0.332. The lowest BCUT2D eigenvalue weighted by Crippen LogP contribution is -2.03. The molecule has 0 spiro atoms.